The molecule has 0 aromatic heterocycles. The second-order valence-electron chi connectivity index (χ2n) is 1.99. The smallest absolute Gasteiger partial charge is 0.211 e. The SMILES string of the molecule is FC(F)CCC(F)(F)C(F)F. The molecule has 0 aliphatic carbocycles. The Balaban J connectivity index is 3.73. The predicted molar refractivity (Wildman–Crippen MR) is 26.2 cm³/mol. The van der Waals surface area contributed by atoms with E-state index in [0.717, 1.165) is 0 Å². The number of hydrogen-bond acceptors (Lipinski definition) is 0. The molecule has 0 rings (SSSR count). The van der Waals surface area contributed by atoms with Crippen LogP contribution in [-0.4, -0.2) is 18.8 Å². The van der Waals surface area contributed by atoms with Crippen molar-refractivity contribution in [3.63, 3.8) is 0 Å². The van der Waals surface area contributed by atoms with Gasteiger partial charge in [0, 0.05) is 12.8 Å². The van der Waals surface area contributed by atoms with Gasteiger partial charge in [-0.3, -0.25) is 0 Å². The first kappa shape index (κ1) is 10.6. The Bertz CT molecular complexity index is 110. The maximum Gasteiger partial charge on any atom is 0.307 e. The summed E-state index contributed by atoms with van der Waals surface area (Å²) in [4.78, 5) is 0. The van der Waals surface area contributed by atoms with Crippen LogP contribution in [0.5, 0.6) is 0 Å². The average Bonchev–Trinajstić information content (AvgIpc) is 1.84. The number of halogens is 6. The van der Waals surface area contributed by atoms with Crippen LogP contribution in [0, 0.1) is 0 Å². The first-order valence-electron chi connectivity index (χ1n) is 2.80. The molecule has 0 aliphatic rings. The standard InChI is InChI=1S/C5H6F6/c6-3(7)1-2-5(10,11)4(8)9/h3-4H,1-2H2. The molecule has 0 fully saturated rings. The van der Waals surface area contributed by atoms with E-state index in [1.165, 1.54) is 0 Å². The maximum absolute atomic E-state index is 11.8. The van der Waals surface area contributed by atoms with Crippen molar-refractivity contribution >= 4 is 0 Å². The van der Waals surface area contributed by atoms with Crippen molar-refractivity contribution in [2.45, 2.75) is 31.6 Å². The van der Waals surface area contributed by atoms with E-state index in [-0.39, 0.29) is 0 Å². The molecule has 0 atom stereocenters. The van der Waals surface area contributed by atoms with Gasteiger partial charge in [-0.2, -0.15) is 0 Å². The molecule has 0 radical (unpaired) electrons. The van der Waals surface area contributed by atoms with Crippen LogP contribution in [0.15, 0.2) is 0 Å². The summed E-state index contributed by atoms with van der Waals surface area (Å²) in [5, 5.41) is 0. The molecule has 0 aliphatic heterocycles. The molecular formula is C5H6F6. The van der Waals surface area contributed by atoms with Crippen LogP contribution in [0.25, 0.3) is 0 Å². The summed E-state index contributed by atoms with van der Waals surface area (Å²) in [6.45, 7) is 0. The van der Waals surface area contributed by atoms with Gasteiger partial charge in [0.15, 0.2) is 0 Å². The normalized spacial score (nSPS) is 13.1. The summed E-state index contributed by atoms with van der Waals surface area (Å²) in [6, 6.07) is 0. The van der Waals surface area contributed by atoms with Crippen LogP contribution >= 0.6 is 0 Å². The van der Waals surface area contributed by atoms with Crippen LogP contribution in [0.1, 0.15) is 12.8 Å². The summed E-state index contributed by atoms with van der Waals surface area (Å²) in [6.07, 6.45) is -9.49. The third-order valence-electron chi connectivity index (χ3n) is 1.02. The van der Waals surface area contributed by atoms with Crippen molar-refractivity contribution in [1.29, 1.82) is 0 Å². The van der Waals surface area contributed by atoms with Gasteiger partial charge in [-0.05, 0) is 0 Å². The first-order valence-corrected chi connectivity index (χ1v) is 2.80. The van der Waals surface area contributed by atoms with Gasteiger partial charge in [-0.15, -0.1) is 0 Å². The Morgan fingerprint density at radius 2 is 1.45 bits per heavy atom. The van der Waals surface area contributed by atoms with E-state index in [9.17, 15) is 26.3 Å². The maximum atomic E-state index is 11.8. The molecule has 6 heteroatoms. The van der Waals surface area contributed by atoms with Crippen LogP contribution < -0.4 is 0 Å². The van der Waals surface area contributed by atoms with Gasteiger partial charge in [-0.1, -0.05) is 0 Å². The van der Waals surface area contributed by atoms with Gasteiger partial charge in [0.25, 0.3) is 0 Å². The van der Waals surface area contributed by atoms with Crippen molar-refractivity contribution in [2.75, 3.05) is 0 Å². The minimum absolute atomic E-state index is 1.20. The lowest BCUT2D eigenvalue weighted by atomic mass is 10.2. The van der Waals surface area contributed by atoms with Gasteiger partial charge in [-0.25, -0.2) is 26.3 Å². The van der Waals surface area contributed by atoms with Crippen LogP contribution in [0.4, 0.5) is 26.3 Å². The van der Waals surface area contributed by atoms with E-state index in [4.69, 9.17) is 0 Å². The third kappa shape index (κ3) is 4.10. The van der Waals surface area contributed by atoms with E-state index in [0.29, 0.717) is 0 Å². The Morgan fingerprint density at radius 1 is 1.00 bits per heavy atom. The molecule has 0 saturated heterocycles. The van der Waals surface area contributed by atoms with Crippen LogP contribution in [0.3, 0.4) is 0 Å². The Hall–Kier alpha value is -0.420. The highest BCUT2D eigenvalue weighted by atomic mass is 19.3. The predicted octanol–water partition coefficient (Wildman–Crippen LogP) is 2.93. The molecule has 0 nitrogen and oxygen atoms in total. The minimum Gasteiger partial charge on any atom is -0.211 e. The van der Waals surface area contributed by atoms with Crippen molar-refractivity contribution in [3.8, 4) is 0 Å². The molecular weight excluding hydrogens is 174 g/mol. The monoisotopic (exact) mass is 180 g/mol. The van der Waals surface area contributed by atoms with Gasteiger partial charge in [0.1, 0.15) is 0 Å². The summed E-state index contributed by atoms with van der Waals surface area (Å²) < 4.78 is 68.7. The van der Waals surface area contributed by atoms with Crippen molar-refractivity contribution in [1.82, 2.24) is 0 Å². The highest BCUT2D eigenvalue weighted by Gasteiger charge is 2.40. The number of hydrogen-bond donors (Lipinski definition) is 0. The molecule has 0 heterocycles. The second-order valence-corrected chi connectivity index (χ2v) is 1.99. The summed E-state index contributed by atoms with van der Waals surface area (Å²) in [7, 11) is 0. The van der Waals surface area contributed by atoms with Crippen molar-refractivity contribution in [2.24, 2.45) is 0 Å². The molecule has 0 saturated carbocycles. The van der Waals surface area contributed by atoms with Gasteiger partial charge in [0.2, 0.25) is 6.43 Å². The van der Waals surface area contributed by atoms with Crippen LogP contribution in [0.2, 0.25) is 0 Å². The Kier molecular flexibility index (Phi) is 3.68. The quantitative estimate of drug-likeness (QED) is 0.583. The highest BCUT2D eigenvalue weighted by molar-refractivity contribution is 4.68. The third-order valence-corrected chi connectivity index (χ3v) is 1.02. The highest BCUT2D eigenvalue weighted by Crippen LogP contribution is 2.28. The lowest BCUT2D eigenvalue weighted by Gasteiger charge is -2.13. The van der Waals surface area contributed by atoms with E-state index < -0.39 is 31.6 Å². The van der Waals surface area contributed by atoms with E-state index in [1.54, 1.807) is 0 Å². The lowest BCUT2D eigenvalue weighted by Crippen LogP contribution is -2.26. The lowest BCUT2D eigenvalue weighted by molar-refractivity contribution is -0.138. The zero-order valence-corrected chi connectivity index (χ0v) is 5.34. The summed E-state index contributed by atoms with van der Waals surface area (Å²) >= 11 is 0. The number of alkyl halides is 6. The zero-order valence-electron chi connectivity index (χ0n) is 5.34. The van der Waals surface area contributed by atoms with Crippen molar-refractivity contribution in [3.05, 3.63) is 0 Å². The average molecular weight is 180 g/mol. The Morgan fingerprint density at radius 3 is 1.73 bits per heavy atom. The fraction of sp³-hybridized carbons (Fsp3) is 1.00. The summed E-state index contributed by atoms with van der Waals surface area (Å²) in [5.41, 5.74) is 0. The van der Waals surface area contributed by atoms with E-state index in [2.05, 4.69) is 0 Å². The Labute approximate surface area is 59.2 Å². The van der Waals surface area contributed by atoms with Gasteiger partial charge < -0.3 is 0 Å². The molecule has 0 bridgehead atoms. The largest absolute Gasteiger partial charge is 0.307 e. The number of rotatable bonds is 4. The molecule has 0 N–H and O–H groups in total. The molecule has 68 valence electrons. The zero-order chi connectivity index (χ0) is 9.07. The molecule has 0 aromatic rings. The second kappa shape index (κ2) is 3.82. The molecule has 0 unspecified atom stereocenters. The molecule has 11 heavy (non-hydrogen) atoms. The molecule has 0 aromatic carbocycles. The van der Waals surface area contributed by atoms with E-state index in [1.807, 2.05) is 0 Å². The molecule has 0 amide bonds. The fourth-order valence-corrected chi connectivity index (χ4v) is 0.411. The fourth-order valence-electron chi connectivity index (χ4n) is 0.411. The first-order chi connectivity index (χ1) is 4.86. The van der Waals surface area contributed by atoms with Gasteiger partial charge >= 0.3 is 12.3 Å². The summed E-state index contributed by atoms with van der Waals surface area (Å²) in [5.74, 6) is -4.28. The minimum atomic E-state index is -4.28. The van der Waals surface area contributed by atoms with Gasteiger partial charge in [0.05, 0.1) is 0 Å². The van der Waals surface area contributed by atoms with Crippen molar-refractivity contribution < 1.29 is 26.3 Å². The molecule has 0 spiro atoms. The topological polar surface area (TPSA) is 0 Å². The van der Waals surface area contributed by atoms with E-state index >= 15 is 0 Å². The van der Waals surface area contributed by atoms with Crippen LogP contribution in [-0.2, 0) is 0 Å².